The summed E-state index contributed by atoms with van der Waals surface area (Å²) in [4.78, 5) is 60.9. The number of esters is 1. The molecule has 0 radical (unpaired) electrons. The maximum atomic E-state index is 12.2. The molecule has 2 atom stereocenters. The van der Waals surface area contributed by atoms with E-state index in [4.69, 9.17) is 4.74 Å². The highest BCUT2D eigenvalue weighted by Crippen LogP contribution is 2.23. The van der Waals surface area contributed by atoms with Gasteiger partial charge in [0.25, 0.3) is 17.7 Å². The Labute approximate surface area is 167 Å². The van der Waals surface area contributed by atoms with E-state index >= 15 is 0 Å². The van der Waals surface area contributed by atoms with Crippen molar-refractivity contribution in [3.63, 3.8) is 0 Å². The third kappa shape index (κ3) is 4.79. The summed E-state index contributed by atoms with van der Waals surface area (Å²) in [6.07, 6.45) is 4.04. The molecular formula is C20H23N3O6. The third-order valence-corrected chi connectivity index (χ3v) is 5.21. The quantitative estimate of drug-likeness (QED) is 0.565. The van der Waals surface area contributed by atoms with Crippen LogP contribution < -0.4 is 10.6 Å². The zero-order valence-corrected chi connectivity index (χ0v) is 16.1. The number of amides is 5. The minimum absolute atomic E-state index is 0.00734. The molecule has 1 aliphatic heterocycles. The molecule has 9 heteroatoms. The molecule has 2 aliphatic rings. The minimum Gasteiger partial charge on any atom is -0.454 e. The molecule has 1 saturated carbocycles. The van der Waals surface area contributed by atoms with Crippen LogP contribution in [-0.4, -0.2) is 53.8 Å². The van der Waals surface area contributed by atoms with Gasteiger partial charge in [0.15, 0.2) is 6.61 Å². The maximum absolute atomic E-state index is 12.2. The fourth-order valence-corrected chi connectivity index (χ4v) is 3.60. The van der Waals surface area contributed by atoms with Crippen molar-refractivity contribution in [3.8, 4) is 0 Å². The lowest BCUT2D eigenvalue weighted by atomic mass is 9.86. The summed E-state index contributed by atoms with van der Waals surface area (Å²) in [5.41, 5.74) is 0.438. The molecule has 0 aromatic heterocycles. The van der Waals surface area contributed by atoms with Crippen molar-refractivity contribution in [1.29, 1.82) is 0 Å². The van der Waals surface area contributed by atoms with E-state index in [1.165, 1.54) is 12.1 Å². The van der Waals surface area contributed by atoms with E-state index in [9.17, 15) is 24.0 Å². The Kier molecular flexibility index (Phi) is 6.26. The lowest BCUT2D eigenvalue weighted by molar-refractivity contribution is -0.148. The molecule has 1 aromatic carbocycles. The molecule has 29 heavy (non-hydrogen) atoms. The number of hydrogen-bond acceptors (Lipinski definition) is 6. The monoisotopic (exact) mass is 401 g/mol. The highest BCUT2D eigenvalue weighted by Gasteiger charge is 2.36. The number of ether oxygens (including phenoxy) is 1. The average molecular weight is 401 g/mol. The number of urea groups is 1. The van der Waals surface area contributed by atoms with Gasteiger partial charge in [0.05, 0.1) is 11.1 Å². The molecule has 1 aromatic rings. The summed E-state index contributed by atoms with van der Waals surface area (Å²) >= 11 is 0. The SMILES string of the molecule is C[C@@H]1CCCC[C@H]1NC(=O)NC(=O)COC(=O)CN1C(=O)c2ccccc2C1=O. The van der Waals surface area contributed by atoms with Crippen molar-refractivity contribution < 1.29 is 28.7 Å². The van der Waals surface area contributed by atoms with Crippen molar-refractivity contribution in [3.05, 3.63) is 35.4 Å². The minimum atomic E-state index is -0.920. The summed E-state index contributed by atoms with van der Waals surface area (Å²) in [5, 5.41) is 4.87. The highest BCUT2D eigenvalue weighted by atomic mass is 16.5. The normalized spacial score (nSPS) is 20.8. The number of rotatable bonds is 5. The molecule has 1 aliphatic carbocycles. The first-order valence-corrected chi connectivity index (χ1v) is 9.58. The molecule has 0 unspecified atom stereocenters. The largest absolute Gasteiger partial charge is 0.454 e. The Morgan fingerprint density at radius 2 is 1.69 bits per heavy atom. The van der Waals surface area contributed by atoms with Crippen molar-refractivity contribution >= 4 is 29.7 Å². The van der Waals surface area contributed by atoms with Gasteiger partial charge in [-0.25, -0.2) is 4.79 Å². The van der Waals surface area contributed by atoms with Crippen LogP contribution in [-0.2, 0) is 14.3 Å². The fourth-order valence-electron chi connectivity index (χ4n) is 3.60. The lowest BCUT2D eigenvalue weighted by Crippen LogP contribution is -2.48. The molecule has 9 nitrogen and oxygen atoms in total. The van der Waals surface area contributed by atoms with Gasteiger partial charge in [0.1, 0.15) is 6.54 Å². The van der Waals surface area contributed by atoms with Crippen LogP contribution in [0.1, 0.15) is 53.3 Å². The van der Waals surface area contributed by atoms with Gasteiger partial charge < -0.3 is 10.1 Å². The first-order valence-electron chi connectivity index (χ1n) is 9.58. The molecule has 0 saturated heterocycles. The van der Waals surface area contributed by atoms with Gasteiger partial charge >= 0.3 is 12.0 Å². The van der Waals surface area contributed by atoms with Crippen LogP contribution in [0.5, 0.6) is 0 Å². The Balaban J connectivity index is 1.42. The number of nitrogens with zero attached hydrogens (tertiary/aromatic N) is 1. The molecule has 154 valence electrons. The molecule has 2 N–H and O–H groups in total. The lowest BCUT2D eigenvalue weighted by Gasteiger charge is -2.29. The smallest absolute Gasteiger partial charge is 0.326 e. The second-order valence-electron chi connectivity index (χ2n) is 7.29. The number of imide groups is 2. The highest BCUT2D eigenvalue weighted by molar-refractivity contribution is 6.22. The molecule has 0 bridgehead atoms. The van der Waals surface area contributed by atoms with Crippen LogP contribution in [0.15, 0.2) is 24.3 Å². The van der Waals surface area contributed by atoms with Crippen molar-refractivity contribution in [2.45, 2.75) is 38.6 Å². The van der Waals surface area contributed by atoms with Crippen LogP contribution in [0.2, 0.25) is 0 Å². The van der Waals surface area contributed by atoms with E-state index in [-0.39, 0.29) is 17.2 Å². The van der Waals surface area contributed by atoms with Crippen molar-refractivity contribution in [2.24, 2.45) is 5.92 Å². The number of fused-ring (bicyclic) bond motifs is 1. The summed E-state index contributed by atoms with van der Waals surface area (Å²) < 4.78 is 4.80. The van der Waals surface area contributed by atoms with Gasteiger partial charge in [-0.15, -0.1) is 0 Å². The van der Waals surface area contributed by atoms with E-state index in [0.29, 0.717) is 5.92 Å². The predicted octanol–water partition coefficient (Wildman–Crippen LogP) is 1.23. The van der Waals surface area contributed by atoms with Crippen LogP contribution in [0.25, 0.3) is 0 Å². The summed E-state index contributed by atoms with van der Waals surface area (Å²) in [5.74, 6) is -2.55. The summed E-state index contributed by atoms with van der Waals surface area (Å²) in [7, 11) is 0. The van der Waals surface area contributed by atoms with Gasteiger partial charge in [-0.1, -0.05) is 31.9 Å². The Hall–Kier alpha value is -3.23. The summed E-state index contributed by atoms with van der Waals surface area (Å²) in [6.45, 7) is 0.758. The number of nitrogens with one attached hydrogen (secondary N) is 2. The standard InChI is InChI=1S/C20H23N3O6/c1-12-6-2-5-9-15(12)21-20(28)22-16(24)11-29-17(25)10-23-18(26)13-7-3-4-8-14(13)19(23)27/h3-4,7-8,12,15H,2,5-6,9-11H2,1H3,(H2,21,22,24,28)/t12-,15-/m1/s1. The molecule has 1 heterocycles. The van der Waals surface area contributed by atoms with Gasteiger partial charge in [0, 0.05) is 6.04 Å². The summed E-state index contributed by atoms with van der Waals surface area (Å²) in [6, 6.07) is 5.61. The van der Waals surface area contributed by atoms with Crippen LogP contribution in [0.3, 0.4) is 0 Å². The predicted molar refractivity (Wildman–Crippen MR) is 101 cm³/mol. The van der Waals surface area contributed by atoms with Gasteiger partial charge in [-0.2, -0.15) is 0 Å². The van der Waals surface area contributed by atoms with E-state index in [0.717, 1.165) is 30.6 Å². The third-order valence-electron chi connectivity index (χ3n) is 5.21. The van der Waals surface area contributed by atoms with Gasteiger partial charge in [0.2, 0.25) is 0 Å². The Morgan fingerprint density at radius 3 is 2.31 bits per heavy atom. The van der Waals surface area contributed by atoms with E-state index < -0.39 is 42.9 Å². The fraction of sp³-hybridized carbons (Fsp3) is 0.450. The Bertz CT molecular complexity index is 817. The van der Waals surface area contributed by atoms with Gasteiger partial charge in [-0.05, 0) is 30.9 Å². The van der Waals surface area contributed by atoms with E-state index in [1.807, 2.05) is 6.92 Å². The van der Waals surface area contributed by atoms with E-state index in [2.05, 4.69) is 10.6 Å². The second-order valence-corrected chi connectivity index (χ2v) is 7.29. The zero-order valence-electron chi connectivity index (χ0n) is 16.1. The van der Waals surface area contributed by atoms with E-state index in [1.54, 1.807) is 12.1 Å². The molecule has 5 amide bonds. The van der Waals surface area contributed by atoms with Crippen molar-refractivity contribution in [2.75, 3.05) is 13.2 Å². The molecular weight excluding hydrogens is 378 g/mol. The molecule has 0 spiro atoms. The topological polar surface area (TPSA) is 122 Å². The van der Waals surface area contributed by atoms with Crippen molar-refractivity contribution in [1.82, 2.24) is 15.5 Å². The number of carbonyl (C=O) groups excluding carboxylic acids is 5. The Morgan fingerprint density at radius 1 is 1.07 bits per heavy atom. The number of hydrogen-bond donors (Lipinski definition) is 2. The molecule has 3 rings (SSSR count). The van der Waals surface area contributed by atoms with Crippen LogP contribution in [0, 0.1) is 5.92 Å². The second kappa shape index (κ2) is 8.85. The number of carbonyl (C=O) groups is 5. The molecule has 1 fully saturated rings. The van der Waals surface area contributed by atoms with Crippen LogP contribution in [0.4, 0.5) is 4.79 Å². The first kappa shape index (κ1) is 20.5. The van der Waals surface area contributed by atoms with Crippen LogP contribution >= 0.6 is 0 Å². The zero-order chi connectivity index (χ0) is 21.0. The maximum Gasteiger partial charge on any atom is 0.326 e. The number of benzene rings is 1. The first-order chi connectivity index (χ1) is 13.9. The van der Waals surface area contributed by atoms with Gasteiger partial charge in [-0.3, -0.25) is 29.4 Å². The average Bonchev–Trinajstić information content (AvgIpc) is 2.93.